The zero-order chi connectivity index (χ0) is 20.8. The number of rotatable bonds is 8. The Morgan fingerprint density at radius 3 is 2.55 bits per heavy atom. The highest BCUT2D eigenvalue weighted by Crippen LogP contribution is 2.30. The number of hydrogen-bond acceptors (Lipinski definition) is 6. The van der Waals surface area contributed by atoms with Crippen molar-refractivity contribution in [1.29, 1.82) is 0 Å². The summed E-state index contributed by atoms with van der Waals surface area (Å²) in [6, 6.07) is 12.0. The SMILES string of the molecule is Nn1c(SCC(=O)NCCOc2ccc(Cl)cc2)nnc1-c1ccc(Cl)cc1Cl. The van der Waals surface area contributed by atoms with Crippen LogP contribution in [0.25, 0.3) is 11.4 Å². The molecule has 2 aromatic carbocycles. The maximum atomic E-state index is 12.0. The van der Waals surface area contributed by atoms with E-state index < -0.39 is 0 Å². The minimum absolute atomic E-state index is 0.130. The van der Waals surface area contributed by atoms with Gasteiger partial charge in [-0.25, -0.2) is 4.68 Å². The number of ether oxygens (including phenoxy) is 1. The van der Waals surface area contributed by atoms with E-state index in [-0.39, 0.29) is 11.7 Å². The fraction of sp³-hybridized carbons (Fsp3) is 0.167. The zero-order valence-corrected chi connectivity index (χ0v) is 18.0. The number of nitrogens with zero attached hydrogens (tertiary/aromatic N) is 3. The molecule has 0 bridgehead atoms. The lowest BCUT2D eigenvalue weighted by molar-refractivity contribution is -0.118. The van der Waals surface area contributed by atoms with Crippen molar-refractivity contribution in [2.24, 2.45) is 0 Å². The molecule has 0 fully saturated rings. The molecule has 0 atom stereocenters. The number of thioether (sulfide) groups is 1. The fourth-order valence-corrected chi connectivity index (χ4v) is 3.61. The van der Waals surface area contributed by atoms with Crippen LogP contribution < -0.4 is 15.9 Å². The molecule has 0 saturated heterocycles. The summed E-state index contributed by atoms with van der Waals surface area (Å²) in [5.41, 5.74) is 0.599. The van der Waals surface area contributed by atoms with E-state index in [2.05, 4.69) is 15.5 Å². The zero-order valence-electron chi connectivity index (χ0n) is 14.9. The summed E-state index contributed by atoms with van der Waals surface area (Å²) in [4.78, 5) is 12.0. The van der Waals surface area contributed by atoms with Crippen LogP contribution in [0.5, 0.6) is 5.75 Å². The Balaban J connectivity index is 1.46. The first kappa shape index (κ1) is 21.6. The summed E-state index contributed by atoms with van der Waals surface area (Å²) in [6.45, 7) is 0.702. The summed E-state index contributed by atoms with van der Waals surface area (Å²) in [7, 11) is 0. The Bertz CT molecular complexity index is 998. The third kappa shape index (κ3) is 5.93. The largest absolute Gasteiger partial charge is 0.492 e. The molecule has 3 N–H and O–H groups in total. The molecule has 1 aromatic heterocycles. The van der Waals surface area contributed by atoms with Gasteiger partial charge in [0.05, 0.1) is 17.3 Å². The first-order valence-corrected chi connectivity index (χ1v) is 10.5. The highest BCUT2D eigenvalue weighted by molar-refractivity contribution is 7.99. The van der Waals surface area contributed by atoms with Crippen LogP contribution in [0, 0.1) is 0 Å². The molecule has 3 aromatic rings. The molecule has 7 nitrogen and oxygen atoms in total. The number of hydrogen-bond donors (Lipinski definition) is 2. The lowest BCUT2D eigenvalue weighted by atomic mass is 10.2. The Morgan fingerprint density at radius 1 is 1.10 bits per heavy atom. The van der Waals surface area contributed by atoms with Crippen molar-refractivity contribution < 1.29 is 9.53 Å². The normalized spacial score (nSPS) is 10.7. The number of carbonyl (C=O) groups excluding carboxylic acids is 1. The molecule has 0 aliphatic carbocycles. The molecule has 0 spiro atoms. The van der Waals surface area contributed by atoms with Gasteiger partial charge >= 0.3 is 0 Å². The van der Waals surface area contributed by atoms with Gasteiger partial charge in [-0.1, -0.05) is 46.6 Å². The molecular weight excluding hydrogens is 457 g/mol. The van der Waals surface area contributed by atoms with Gasteiger partial charge < -0.3 is 15.9 Å². The van der Waals surface area contributed by atoms with Gasteiger partial charge in [0.1, 0.15) is 12.4 Å². The van der Waals surface area contributed by atoms with Gasteiger partial charge in [0.15, 0.2) is 5.82 Å². The number of halogens is 3. The molecule has 152 valence electrons. The van der Waals surface area contributed by atoms with E-state index in [0.717, 1.165) is 11.8 Å². The van der Waals surface area contributed by atoms with Crippen molar-refractivity contribution in [2.45, 2.75) is 5.16 Å². The van der Waals surface area contributed by atoms with Crippen LogP contribution in [0.15, 0.2) is 47.6 Å². The van der Waals surface area contributed by atoms with Crippen LogP contribution in [-0.2, 0) is 4.79 Å². The van der Waals surface area contributed by atoms with Gasteiger partial charge in [0.25, 0.3) is 0 Å². The number of nitrogen functional groups attached to an aromatic ring is 1. The third-order valence-corrected chi connectivity index (χ3v) is 5.42. The van der Waals surface area contributed by atoms with E-state index >= 15 is 0 Å². The van der Waals surface area contributed by atoms with Gasteiger partial charge in [-0.3, -0.25) is 4.79 Å². The van der Waals surface area contributed by atoms with Crippen molar-refractivity contribution in [3.8, 4) is 17.1 Å². The predicted molar refractivity (Wildman–Crippen MR) is 116 cm³/mol. The van der Waals surface area contributed by atoms with Gasteiger partial charge in [0, 0.05) is 15.6 Å². The summed E-state index contributed by atoms with van der Waals surface area (Å²) in [5, 5.41) is 12.8. The Hall–Kier alpha value is -2.13. The minimum Gasteiger partial charge on any atom is -0.492 e. The first-order chi connectivity index (χ1) is 13.9. The molecule has 0 radical (unpaired) electrons. The summed E-state index contributed by atoms with van der Waals surface area (Å²) < 4.78 is 6.81. The van der Waals surface area contributed by atoms with Crippen molar-refractivity contribution in [1.82, 2.24) is 20.2 Å². The Morgan fingerprint density at radius 2 is 1.83 bits per heavy atom. The molecule has 0 aliphatic rings. The number of aromatic nitrogens is 3. The van der Waals surface area contributed by atoms with Crippen LogP contribution in [0.2, 0.25) is 15.1 Å². The molecule has 3 rings (SSSR count). The smallest absolute Gasteiger partial charge is 0.230 e. The van der Waals surface area contributed by atoms with Gasteiger partial charge in [-0.05, 0) is 42.5 Å². The number of nitrogens with two attached hydrogens (primary N) is 1. The number of amides is 1. The average molecular weight is 473 g/mol. The van der Waals surface area contributed by atoms with E-state index in [0.29, 0.717) is 50.5 Å². The van der Waals surface area contributed by atoms with Gasteiger partial charge in [-0.2, -0.15) is 0 Å². The molecule has 29 heavy (non-hydrogen) atoms. The van der Waals surface area contributed by atoms with E-state index in [1.165, 1.54) is 4.68 Å². The third-order valence-electron chi connectivity index (χ3n) is 3.68. The highest BCUT2D eigenvalue weighted by Gasteiger charge is 2.16. The van der Waals surface area contributed by atoms with E-state index in [1.807, 2.05) is 0 Å². The molecule has 0 aliphatic heterocycles. The van der Waals surface area contributed by atoms with Crippen molar-refractivity contribution in [3.05, 3.63) is 57.5 Å². The Labute approximate surface area is 186 Å². The van der Waals surface area contributed by atoms with E-state index in [4.69, 9.17) is 45.4 Å². The van der Waals surface area contributed by atoms with Crippen LogP contribution in [-0.4, -0.2) is 39.7 Å². The second-order valence-electron chi connectivity index (χ2n) is 5.74. The maximum Gasteiger partial charge on any atom is 0.230 e. The molecule has 1 amide bonds. The second-order valence-corrected chi connectivity index (χ2v) is 7.96. The van der Waals surface area contributed by atoms with Crippen LogP contribution in [0.4, 0.5) is 0 Å². The summed E-state index contributed by atoms with van der Waals surface area (Å²) in [5.74, 6) is 7.06. The monoisotopic (exact) mass is 471 g/mol. The number of nitrogens with one attached hydrogen (secondary N) is 1. The van der Waals surface area contributed by atoms with Crippen LogP contribution in [0.1, 0.15) is 0 Å². The molecular formula is C18H16Cl3N5O2S. The lowest BCUT2D eigenvalue weighted by Crippen LogP contribution is -2.29. The van der Waals surface area contributed by atoms with Crippen molar-refractivity contribution in [2.75, 3.05) is 24.7 Å². The Kier molecular flexibility index (Phi) is 7.49. The fourth-order valence-electron chi connectivity index (χ4n) is 2.30. The van der Waals surface area contributed by atoms with Crippen molar-refractivity contribution in [3.63, 3.8) is 0 Å². The summed E-state index contributed by atoms with van der Waals surface area (Å²) >= 11 is 19.1. The second kappa shape index (κ2) is 10.1. The van der Waals surface area contributed by atoms with E-state index in [1.54, 1.807) is 42.5 Å². The first-order valence-electron chi connectivity index (χ1n) is 8.38. The summed E-state index contributed by atoms with van der Waals surface area (Å²) in [6.07, 6.45) is 0. The van der Waals surface area contributed by atoms with Crippen LogP contribution >= 0.6 is 46.6 Å². The van der Waals surface area contributed by atoms with Crippen LogP contribution in [0.3, 0.4) is 0 Å². The molecule has 0 saturated carbocycles. The van der Waals surface area contributed by atoms with E-state index in [9.17, 15) is 4.79 Å². The van der Waals surface area contributed by atoms with Crippen molar-refractivity contribution >= 4 is 52.5 Å². The number of carbonyl (C=O) groups is 1. The highest BCUT2D eigenvalue weighted by atomic mass is 35.5. The average Bonchev–Trinajstić information content (AvgIpc) is 3.05. The molecule has 1 heterocycles. The quantitative estimate of drug-likeness (QED) is 0.293. The lowest BCUT2D eigenvalue weighted by Gasteiger charge is -2.08. The van der Waals surface area contributed by atoms with Gasteiger partial charge in [0.2, 0.25) is 11.1 Å². The standard InChI is InChI=1S/C18H16Cl3N5O2S/c19-11-1-4-13(5-2-11)28-8-7-23-16(27)10-29-18-25-24-17(26(18)22)14-6-3-12(20)9-15(14)21/h1-6,9H,7-8,10,22H2,(H,23,27). The number of benzene rings is 2. The maximum absolute atomic E-state index is 12.0. The molecule has 0 unspecified atom stereocenters. The minimum atomic E-state index is -0.177. The molecule has 11 heteroatoms. The predicted octanol–water partition coefficient (Wildman–Crippen LogP) is 3.91. The van der Waals surface area contributed by atoms with Gasteiger partial charge in [-0.15, -0.1) is 10.2 Å². The topological polar surface area (TPSA) is 95.1 Å².